The third-order valence-corrected chi connectivity index (χ3v) is 7.00. The minimum Gasteiger partial charge on any atom is -0.314 e. The number of fused-ring (bicyclic) bond motifs is 2. The summed E-state index contributed by atoms with van der Waals surface area (Å²) in [6.07, 6.45) is 0.418. The molecule has 2 aliphatic heterocycles. The van der Waals surface area contributed by atoms with Crippen molar-refractivity contribution < 1.29 is 17.6 Å². The Labute approximate surface area is 145 Å². The normalized spacial score (nSPS) is 23.4. The van der Waals surface area contributed by atoms with E-state index in [0.29, 0.717) is 6.42 Å². The molecular formula is C18H17FN2O3S. The molecule has 1 atom stereocenters. The van der Waals surface area contributed by atoms with Crippen LogP contribution in [0.5, 0.6) is 0 Å². The van der Waals surface area contributed by atoms with E-state index in [1.807, 2.05) is 24.3 Å². The molecular weight excluding hydrogens is 343 g/mol. The average molecular weight is 360 g/mol. The average Bonchev–Trinajstić information content (AvgIpc) is 3.14. The third kappa shape index (κ3) is 2.22. The van der Waals surface area contributed by atoms with Crippen LogP contribution >= 0.6 is 0 Å². The van der Waals surface area contributed by atoms with Crippen LogP contribution in [0.4, 0.5) is 10.1 Å². The van der Waals surface area contributed by atoms with Gasteiger partial charge in [-0.2, -0.15) is 4.31 Å². The Morgan fingerprint density at radius 3 is 2.64 bits per heavy atom. The first-order valence-electron chi connectivity index (χ1n) is 8.00. The fourth-order valence-electron chi connectivity index (χ4n) is 3.87. The maximum absolute atomic E-state index is 13.4. The second kappa shape index (κ2) is 5.37. The van der Waals surface area contributed by atoms with Gasteiger partial charge in [0.1, 0.15) is 5.82 Å². The molecule has 1 unspecified atom stereocenters. The summed E-state index contributed by atoms with van der Waals surface area (Å²) in [4.78, 5) is 14.4. The van der Waals surface area contributed by atoms with Crippen LogP contribution in [-0.4, -0.2) is 38.8 Å². The van der Waals surface area contributed by atoms with Crippen molar-refractivity contribution in [3.63, 3.8) is 0 Å². The van der Waals surface area contributed by atoms with Gasteiger partial charge in [0.25, 0.3) is 0 Å². The van der Waals surface area contributed by atoms with E-state index in [9.17, 15) is 17.6 Å². The number of hydrogen-bond acceptors (Lipinski definition) is 3. The van der Waals surface area contributed by atoms with Crippen molar-refractivity contribution in [3.8, 4) is 0 Å². The lowest BCUT2D eigenvalue weighted by atomic mass is 9.81. The Morgan fingerprint density at radius 2 is 1.88 bits per heavy atom. The van der Waals surface area contributed by atoms with Crippen LogP contribution in [0.15, 0.2) is 53.4 Å². The van der Waals surface area contributed by atoms with Crippen LogP contribution in [0.1, 0.15) is 12.0 Å². The van der Waals surface area contributed by atoms with E-state index in [4.69, 9.17) is 0 Å². The van der Waals surface area contributed by atoms with Crippen molar-refractivity contribution in [2.45, 2.75) is 16.7 Å². The van der Waals surface area contributed by atoms with Crippen LogP contribution in [0.3, 0.4) is 0 Å². The monoisotopic (exact) mass is 360 g/mol. The standard InChI is InChI=1S/C18H17FN2O3S/c1-20-16-8-3-2-7-15(16)18(17(20)22)9-10-21(12-18)25(23,24)14-6-4-5-13(19)11-14/h2-8,11H,9-10,12H2,1H3. The van der Waals surface area contributed by atoms with E-state index in [1.54, 1.807) is 11.9 Å². The number of amides is 1. The summed E-state index contributed by atoms with van der Waals surface area (Å²) < 4.78 is 40.5. The van der Waals surface area contributed by atoms with Crippen molar-refractivity contribution in [1.29, 1.82) is 0 Å². The Morgan fingerprint density at radius 1 is 1.12 bits per heavy atom. The molecule has 1 amide bonds. The van der Waals surface area contributed by atoms with Crippen LogP contribution in [-0.2, 0) is 20.2 Å². The SMILES string of the molecule is CN1C(=O)C2(CCN(S(=O)(=O)c3cccc(F)c3)C2)c2ccccc21. The first-order chi connectivity index (χ1) is 11.9. The van der Waals surface area contributed by atoms with Gasteiger partial charge in [0, 0.05) is 25.8 Å². The van der Waals surface area contributed by atoms with Crippen LogP contribution in [0.25, 0.3) is 0 Å². The molecule has 0 N–H and O–H groups in total. The van der Waals surface area contributed by atoms with Crippen molar-refractivity contribution in [3.05, 3.63) is 59.9 Å². The molecule has 130 valence electrons. The number of carbonyl (C=O) groups is 1. The molecule has 1 spiro atoms. The second-order valence-electron chi connectivity index (χ2n) is 6.51. The van der Waals surface area contributed by atoms with Gasteiger partial charge in [-0.1, -0.05) is 24.3 Å². The summed E-state index contributed by atoms with van der Waals surface area (Å²) in [5.41, 5.74) is 0.822. The molecule has 4 rings (SSSR count). The van der Waals surface area contributed by atoms with Crippen LogP contribution in [0.2, 0.25) is 0 Å². The van der Waals surface area contributed by atoms with Crippen molar-refractivity contribution >= 4 is 21.6 Å². The largest absolute Gasteiger partial charge is 0.314 e. The highest BCUT2D eigenvalue weighted by Crippen LogP contribution is 2.47. The quantitative estimate of drug-likeness (QED) is 0.824. The van der Waals surface area contributed by atoms with Gasteiger partial charge in [-0.3, -0.25) is 4.79 Å². The minimum absolute atomic E-state index is 0.0754. The molecule has 0 aromatic heterocycles. The Bertz CT molecular complexity index is 976. The van der Waals surface area contributed by atoms with E-state index >= 15 is 0 Å². The van der Waals surface area contributed by atoms with E-state index in [0.717, 1.165) is 17.3 Å². The van der Waals surface area contributed by atoms with Gasteiger partial charge in [-0.25, -0.2) is 12.8 Å². The Hall–Kier alpha value is -2.25. The number of anilines is 1. The molecule has 2 aromatic carbocycles. The predicted octanol–water partition coefficient (Wildman–Crippen LogP) is 2.13. The van der Waals surface area contributed by atoms with Gasteiger partial charge in [0.05, 0.1) is 10.3 Å². The van der Waals surface area contributed by atoms with Gasteiger partial charge in [-0.15, -0.1) is 0 Å². The molecule has 0 radical (unpaired) electrons. The first kappa shape index (κ1) is 16.2. The highest BCUT2D eigenvalue weighted by atomic mass is 32.2. The summed E-state index contributed by atoms with van der Waals surface area (Å²) in [5.74, 6) is -0.692. The number of halogens is 1. The maximum atomic E-state index is 13.4. The molecule has 2 heterocycles. The van der Waals surface area contributed by atoms with Crippen LogP contribution in [0, 0.1) is 5.82 Å². The zero-order valence-corrected chi connectivity index (χ0v) is 14.5. The number of sulfonamides is 1. The zero-order chi connectivity index (χ0) is 17.8. The number of para-hydroxylation sites is 1. The smallest absolute Gasteiger partial charge is 0.243 e. The number of nitrogens with zero attached hydrogens (tertiary/aromatic N) is 2. The molecule has 2 aromatic rings. The first-order valence-corrected chi connectivity index (χ1v) is 9.44. The topological polar surface area (TPSA) is 57.7 Å². The lowest BCUT2D eigenvalue weighted by molar-refractivity contribution is -0.122. The van der Waals surface area contributed by atoms with Crippen molar-refractivity contribution in [2.75, 3.05) is 25.0 Å². The lowest BCUT2D eigenvalue weighted by Gasteiger charge is -2.23. The fraction of sp³-hybridized carbons (Fsp3) is 0.278. The minimum atomic E-state index is -3.85. The molecule has 1 saturated heterocycles. The number of carbonyl (C=O) groups excluding carboxylic acids is 1. The van der Waals surface area contributed by atoms with Crippen molar-refractivity contribution in [1.82, 2.24) is 4.31 Å². The molecule has 7 heteroatoms. The maximum Gasteiger partial charge on any atom is 0.243 e. The zero-order valence-electron chi connectivity index (χ0n) is 13.6. The highest BCUT2D eigenvalue weighted by molar-refractivity contribution is 7.89. The molecule has 1 fully saturated rings. The molecule has 0 saturated carbocycles. The summed E-state index contributed by atoms with van der Waals surface area (Å²) in [7, 11) is -2.14. The summed E-state index contributed by atoms with van der Waals surface area (Å²) in [5, 5.41) is 0. The van der Waals surface area contributed by atoms with Gasteiger partial charge < -0.3 is 4.90 Å². The van der Waals surface area contributed by atoms with E-state index < -0.39 is 21.3 Å². The number of likely N-dealkylation sites (N-methyl/N-ethyl adjacent to an activating group) is 1. The summed E-state index contributed by atoms with van der Waals surface area (Å²) >= 11 is 0. The Balaban J connectivity index is 1.74. The summed E-state index contributed by atoms with van der Waals surface area (Å²) in [6.45, 7) is 0.304. The van der Waals surface area contributed by atoms with Gasteiger partial charge in [0.15, 0.2) is 0 Å². The van der Waals surface area contributed by atoms with E-state index in [-0.39, 0.29) is 23.9 Å². The molecule has 0 aliphatic carbocycles. The van der Waals surface area contributed by atoms with Gasteiger partial charge in [0.2, 0.25) is 15.9 Å². The van der Waals surface area contributed by atoms with E-state index in [2.05, 4.69) is 0 Å². The van der Waals surface area contributed by atoms with Crippen LogP contribution < -0.4 is 4.90 Å². The molecule has 25 heavy (non-hydrogen) atoms. The van der Waals surface area contributed by atoms with Gasteiger partial charge in [-0.05, 0) is 36.2 Å². The number of benzene rings is 2. The summed E-state index contributed by atoms with van der Waals surface area (Å²) in [6, 6.07) is 12.4. The fourth-order valence-corrected chi connectivity index (χ4v) is 5.40. The van der Waals surface area contributed by atoms with Gasteiger partial charge >= 0.3 is 0 Å². The van der Waals surface area contributed by atoms with Crippen molar-refractivity contribution in [2.24, 2.45) is 0 Å². The Kier molecular flexibility index (Phi) is 3.49. The second-order valence-corrected chi connectivity index (χ2v) is 8.45. The third-order valence-electron chi connectivity index (χ3n) is 5.16. The molecule has 0 bridgehead atoms. The highest BCUT2D eigenvalue weighted by Gasteiger charge is 2.55. The predicted molar refractivity (Wildman–Crippen MR) is 91.3 cm³/mol. The number of hydrogen-bond donors (Lipinski definition) is 0. The molecule has 2 aliphatic rings. The lowest BCUT2D eigenvalue weighted by Crippen LogP contribution is -2.42. The number of rotatable bonds is 2. The van der Waals surface area contributed by atoms with E-state index in [1.165, 1.54) is 22.5 Å². The molecule has 5 nitrogen and oxygen atoms in total.